The summed E-state index contributed by atoms with van der Waals surface area (Å²) in [5, 5.41) is 3.67. The zero-order chi connectivity index (χ0) is 12.2. The predicted octanol–water partition coefficient (Wildman–Crippen LogP) is 4.53. The standard InChI is InChI=1S/C14H25NS/c1-6-9-15-12(10-14(3,4)5)13-8-7-11(2)16-13/h7-8,12,15H,6,9-10H2,1-5H3. The molecule has 0 aromatic carbocycles. The minimum atomic E-state index is 0.378. The first-order chi connectivity index (χ1) is 7.42. The van der Waals surface area contributed by atoms with Crippen LogP contribution in [-0.2, 0) is 0 Å². The Balaban J connectivity index is 2.71. The molecule has 92 valence electrons. The maximum absolute atomic E-state index is 3.67. The number of thiophene rings is 1. The second kappa shape index (κ2) is 5.83. The van der Waals surface area contributed by atoms with E-state index in [0.29, 0.717) is 11.5 Å². The van der Waals surface area contributed by atoms with Gasteiger partial charge in [-0.1, -0.05) is 27.7 Å². The summed E-state index contributed by atoms with van der Waals surface area (Å²) in [7, 11) is 0. The van der Waals surface area contributed by atoms with Crippen molar-refractivity contribution in [2.45, 2.75) is 53.5 Å². The summed E-state index contributed by atoms with van der Waals surface area (Å²) in [5.41, 5.74) is 0.378. The average Bonchev–Trinajstić information content (AvgIpc) is 2.57. The Morgan fingerprint density at radius 2 is 2.00 bits per heavy atom. The highest BCUT2D eigenvalue weighted by atomic mass is 32.1. The number of rotatable bonds is 5. The predicted molar refractivity (Wildman–Crippen MR) is 74.2 cm³/mol. The van der Waals surface area contributed by atoms with Crippen LogP contribution in [0.4, 0.5) is 0 Å². The molecule has 0 spiro atoms. The van der Waals surface area contributed by atoms with E-state index in [-0.39, 0.29) is 0 Å². The normalized spacial score (nSPS) is 14.1. The van der Waals surface area contributed by atoms with Gasteiger partial charge in [-0.25, -0.2) is 0 Å². The monoisotopic (exact) mass is 239 g/mol. The van der Waals surface area contributed by atoms with Crippen LogP contribution in [0.1, 0.15) is 56.3 Å². The zero-order valence-electron chi connectivity index (χ0n) is 11.3. The highest BCUT2D eigenvalue weighted by molar-refractivity contribution is 7.12. The maximum Gasteiger partial charge on any atom is 0.0419 e. The van der Waals surface area contributed by atoms with Crippen LogP contribution in [0.5, 0.6) is 0 Å². The molecule has 2 heteroatoms. The molecule has 1 rings (SSSR count). The number of hydrogen-bond acceptors (Lipinski definition) is 2. The van der Waals surface area contributed by atoms with E-state index in [1.807, 2.05) is 11.3 Å². The molecule has 0 saturated carbocycles. The molecule has 1 N–H and O–H groups in total. The van der Waals surface area contributed by atoms with E-state index in [0.717, 1.165) is 6.54 Å². The van der Waals surface area contributed by atoms with Crippen molar-refractivity contribution in [2.75, 3.05) is 6.54 Å². The second-order valence-electron chi connectivity index (χ2n) is 5.72. The molecule has 1 nitrogen and oxygen atoms in total. The van der Waals surface area contributed by atoms with Gasteiger partial charge in [0.1, 0.15) is 0 Å². The van der Waals surface area contributed by atoms with Gasteiger partial charge in [-0.15, -0.1) is 11.3 Å². The van der Waals surface area contributed by atoms with Crippen molar-refractivity contribution < 1.29 is 0 Å². The van der Waals surface area contributed by atoms with Gasteiger partial charge < -0.3 is 5.32 Å². The van der Waals surface area contributed by atoms with E-state index in [1.165, 1.54) is 22.6 Å². The van der Waals surface area contributed by atoms with Gasteiger partial charge in [-0.2, -0.15) is 0 Å². The number of hydrogen-bond donors (Lipinski definition) is 1. The lowest BCUT2D eigenvalue weighted by Crippen LogP contribution is -2.25. The zero-order valence-corrected chi connectivity index (χ0v) is 12.1. The van der Waals surface area contributed by atoms with Gasteiger partial charge in [0.25, 0.3) is 0 Å². The average molecular weight is 239 g/mol. The van der Waals surface area contributed by atoms with Crippen molar-refractivity contribution in [3.05, 3.63) is 21.9 Å². The minimum Gasteiger partial charge on any atom is -0.309 e. The van der Waals surface area contributed by atoms with Crippen molar-refractivity contribution >= 4 is 11.3 Å². The highest BCUT2D eigenvalue weighted by Crippen LogP contribution is 2.32. The fraction of sp³-hybridized carbons (Fsp3) is 0.714. The summed E-state index contributed by atoms with van der Waals surface area (Å²) in [4.78, 5) is 2.90. The SMILES string of the molecule is CCCNC(CC(C)(C)C)c1ccc(C)s1. The summed E-state index contributed by atoms with van der Waals surface area (Å²) < 4.78 is 0. The molecule has 0 aliphatic carbocycles. The largest absolute Gasteiger partial charge is 0.309 e. The first kappa shape index (κ1) is 13.7. The molecule has 0 bridgehead atoms. The molecule has 1 unspecified atom stereocenters. The third kappa shape index (κ3) is 4.67. The van der Waals surface area contributed by atoms with Gasteiger partial charge in [-0.3, -0.25) is 0 Å². The smallest absolute Gasteiger partial charge is 0.0419 e. The van der Waals surface area contributed by atoms with Gasteiger partial charge >= 0.3 is 0 Å². The molecule has 1 atom stereocenters. The fourth-order valence-corrected chi connectivity index (χ4v) is 2.80. The van der Waals surface area contributed by atoms with Crippen LogP contribution >= 0.6 is 11.3 Å². The molecule has 0 fully saturated rings. The van der Waals surface area contributed by atoms with Crippen LogP contribution in [0.2, 0.25) is 0 Å². The Hall–Kier alpha value is -0.340. The van der Waals surface area contributed by atoms with E-state index >= 15 is 0 Å². The molecule has 0 saturated heterocycles. The van der Waals surface area contributed by atoms with Crippen LogP contribution in [-0.4, -0.2) is 6.54 Å². The first-order valence-electron chi connectivity index (χ1n) is 6.22. The maximum atomic E-state index is 3.67. The van der Waals surface area contributed by atoms with Gasteiger partial charge in [0.05, 0.1) is 0 Å². The van der Waals surface area contributed by atoms with Crippen molar-refractivity contribution in [2.24, 2.45) is 5.41 Å². The lowest BCUT2D eigenvalue weighted by atomic mass is 9.87. The summed E-state index contributed by atoms with van der Waals surface area (Å²) in [6, 6.07) is 5.03. The molecular weight excluding hydrogens is 214 g/mol. The number of nitrogens with one attached hydrogen (secondary N) is 1. The van der Waals surface area contributed by atoms with Gasteiger partial charge in [0, 0.05) is 15.8 Å². The Morgan fingerprint density at radius 1 is 1.31 bits per heavy atom. The quantitative estimate of drug-likeness (QED) is 0.796. The summed E-state index contributed by atoms with van der Waals surface area (Å²) in [5.74, 6) is 0. The third-order valence-corrected chi connectivity index (χ3v) is 3.68. The highest BCUT2D eigenvalue weighted by Gasteiger charge is 2.20. The number of aryl methyl sites for hydroxylation is 1. The van der Waals surface area contributed by atoms with Crippen molar-refractivity contribution in [1.82, 2.24) is 5.32 Å². The molecule has 16 heavy (non-hydrogen) atoms. The van der Waals surface area contributed by atoms with E-state index in [2.05, 4.69) is 52.1 Å². The Labute approximate surface area is 104 Å². The Bertz CT molecular complexity index is 309. The Kier molecular flexibility index (Phi) is 5.00. The van der Waals surface area contributed by atoms with Crippen molar-refractivity contribution in [1.29, 1.82) is 0 Å². The summed E-state index contributed by atoms with van der Waals surface area (Å²) >= 11 is 1.92. The Morgan fingerprint density at radius 3 is 2.44 bits per heavy atom. The lowest BCUT2D eigenvalue weighted by molar-refractivity contribution is 0.314. The fourth-order valence-electron chi connectivity index (χ4n) is 1.84. The van der Waals surface area contributed by atoms with Crippen molar-refractivity contribution in [3.8, 4) is 0 Å². The van der Waals surface area contributed by atoms with Gasteiger partial charge in [-0.05, 0) is 43.9 Å². The van der Waals surface area contributed by atoms with Crippen LogP contribution < -0.4 is 5.32 Å². The van der Waals surface area contributed by atoms with E-state index < -0.39 is 0 Å². The molecular formula is C14H25NS. The first-order valence-corrected chi connectivity index (χ1v) is 7.04. The van der Waals surface area contributed by atoms with E-state index in [4.69, 9.17) is 0 Å². The molecule has 1 aromatic rings. The van der Waals surface area contributed by atoms with Crippen LogP contribution in [0.3, 0.4) is 0 Å². The third-order valence-electron chi connectivity index (χ3n) is 2.56. The van der Waals surface area contributed by atoms with Gasteiger partial charge in [0.2, 0.25) is 0 Å². The van der Waals surface area contributed by atoms with Crippen LogP contribution in [0.15, 0.2) is 12.1 Å². The topological polar surface area (TPSA) is 12.0 Å². The molecule has 0 aliphatic rings. The summed E-state index contributed by atoms with van der Waals surface area (Å²) in [6.07, 6.45) is 2.40. The molecule has 1 aromatic heterocycles. The van der Waals surface area contributed by atoms with E-state index in [1.54, 1.807) is 0 Å². The molecule has 0 aliphatic heterocycles. The molecule has 0 radical (unpaired) electrons. The lowest BCUT2D eigenvalue weighted by Gasteiger charge is -2.26. The van der Waals surface area contributed by atoms with E-state index in [9.17, 15) is 0 Å². The van der Waals surface area contributed by atoms with Gasteiger partial charge in [0.15, 0.2) is 0 Å². The minimum absolute atomic E-state index is 0.378. The molecule has 1 heterocycles. The van der Waals surface area contributed by atoms with Crippen LogP contribution in [0, 0.1) is 12.3 Å². The molecule has 0 amide bonds. The second-order valence-corrected chi connectivity index (χ2v) is 7.04. The van der Waals surface area contributed by atoms with Crippen molar-refractivity contribution in [3.63, 3.8) is 0 Å². The summed E-state index contributed by atoms with van der Waals surface area (Å²) in [6.45, 7) is 12.5. The van der Waals surface area contributed by atoms with Crippen LogP contribution in [0.25, 0.3) is 0 Å².